The largest absolute Gasteiger partial charge is 0.386 e. The van der Waals surface area contributed by atoms with E-state index in [-0.39, 0.29) is 12.5 Å². The minimum absolute atomic E-state index is 0.173. The van der Waals surface area contributed by atoms with Crippen LogP contribution in [-0.4, -0.2) is 46.2 Å². The summed E-state index contributed by atoms with van der Waals surface area (Å²) in [5, 5.41) is 13.7. The number of nitrogens with one attached hydrogen (secondary N) is 1. The zero-order valence-corrected chi connectivity index (χ0v) is 13.8. The van der Waals surface area contributed by atoms with Crippen LogP contribution in [0.1, 0.15) is 28.2 Å². The van der Waals surface area contributed by atoms with Crippen molar-refractivity contribution in [3.05, 3.63) is 40.5 Å². The van der Waals surface area contributed by atoms with Crippen LogP contribution in [0.4, 0.5) is 5.82 Å². The van der Waals surface area contributed by atoms with Crippen molar-refractivity contribution in [1.82, 2.24) is 15.3 Å². The lowest BCUT2D eigenvalue weighted by atomic mass is 9.92. The molecular weight excluding hydrogens is 312 g/mol. The summed E-state index contributed by atoms with van der Waals surface area (Å²) >= 11 is 1.32. The topological polar surface area (TPSA) is 78.3 Å². The number of carbonyl (C=O) groups is 1. The molecule has 1 saturated heterocycles. The molecule has 23 heavy (non-hydrogen) atoms. The van der Waals surface area contributed by atoms with E-state index in [2.05, 4.69) is 20.2 Å². The Morgan fingerprint density at radius 2 is 2.35 bits per heavy atom. The standard InChI is InChI=1S/C16H20N4O2S/c1-12-14(23-11-19-12)15(21)18-9-16(22)6-4-8-20(10-16)13-5-2-3-7-17-13/h2-3,5,7,11,22H,4,6,8-10H2,1H3,(H,18,21)/t16-/m1/s1. The fourth-order valence-corrected chi connectivity index (χ4v) is 3.56. The van der Waals surface area contributed by atoms with Gasteiger partial charge in [-0.2, -0.15) is 0 Å². The lowest BCUT2D eigenvalue weighted by Gasteiger charge is -2.39. The lowest BCUT2D eigenvalue weighted by molar-refractivity contribution is 0.0255. The number of pyridine rings is 1. The fourth-order valence-electron chi connectivity index (χ4n) is 2.84. The molecular formula is C16H20N4O2S. The highest BCUT2D eigenvalue weighted by molar-refractivity contribution is 7.11. The number of rotatable bonds is 4. The zero-order chi connectivity index (χ0) is 16.3. The Balaban J connectivity index is 1.62. The van der Waals surface area contributed by atoms with Crippen LogP contribution >= 0.6 is 11.3 Å². The number of hydrogen-bond acceptors (Lipinski definition) is 6. The average Bonchev–Trinajstić information content (AvgIpc) is 3.00. The van der Waals surface area contributed by atoms with Gasteiger partial charge in [-0.1, -0.05) is 6.07 Å². The first-order valence-corrected chi connectivity index (χ1v) is 8.52. The van der Waals surface area contributed by atoms with Crippen LogP contribution in [0.3, 0.4) is 0 Å². The van der Waals surface area contributed by atoms with Gasteiger partial charge in [0.25, 0.3) is 5.91 Å². The molecule has 7 heteroatoms. The molecule has 6 nitrogen and oxygen atoms in total. The second-order valence-corrected chi connectivity index (χ2v) is 6.74. The van der Waals surface area contributed by atoms with Crippen molar-refractivity contribution in [3.8, 4) is 0 Å². The molecule has 1 aliphatic heterocycles. The summed E-state index contributed by atoms with van der Waals surface area (Å²) in [6.45, 7) is 3.36. The summed E-state index contributed by atoms with van der Waals surface area (Å²) in [6.07, 6.45) is 3.28. The highest BCUT2D eigenvalue weighted by Crippen LogP contribution is 2.24. The van der Waals surface area contributed by atoms with Gasteiger partial charge >= 0.3 is 0 Å². The van der Waals surface area contributed by atoms with E-state index in [1.54, 1.807) is 11.7 Å². The summed E-state index contributed by atoms with van der Waals surface area (Å²) in [5.74, 6) is 0.684. The number of aliphatic hydroxyl groups is 1. The van der Waals surface area contributed by atoms with Gasteiger partial charge in [-0.15, -0.1) is 11.3 Å². The predicted molar refractivity (Wildman–Crippen MR) is 89.8 cm³/mol. The number of nitrogens with zero attached hydrogens (tertiary/aromatic N) is 3. The first-order chi connectivity index (χ1) is 11.1. The first-order valence-electron chi connectivity index (χ1n) is 7.64. The molecule has 0 saturated carbocycles. The second kappa shape index (κ2) is 6.64. The average molecular weight is 332 g/mol. The maximum atomic E-state index is 12.2. The van der Waals surface area contributed by atoms with Crippen molar-refractivity contribution in [2.45, 2.75) is 25.4 Å². The van der Waals surface area contributed by atoms with Crippen molar-refractivity contribution in [1.29, 1.82) is 0 Å². The van der Waals surface area contributed by atoms with Gasteiger partial charge in [-0.3, -0.25) is 4.79 Å². The van der Waals surface area contributed by atoms with Gasteiger partial charge < -0.3 is 15.3 Å². The third kappa shape index (κ3) is 3.68. The molecule has 1 aliphatic rings. The van der Waals surface area contributed by atoms with Crippen molar-refractivity contribution in [2.75, 3.05) is 24.5 Å². The normalized spacial score (nSPS) is 21.2. The molecule has 0 bridgehead atoms. The third-order valence-electron chi connectivity index (χ3n) is 4.06. The number of β-amino-alcohol motifs (C(OH)–C–C–N with tert-alkyl or cyclic N) is 1. The maximum Gasteiger partial charge on any atom is 0.263 e. The predicted octanol–water partition coefficient (Wildman–Crippen LogP) is 1.61. The van der Waals surface area contributed by atoms with Crippen LogP contribution in [-0.2, 0) is 0 Å². The number of hydrogen-bond donors (Lipinski definition) is 2. The minimum atomic E-state index is -0.940. The van der Waals surface area contributed by atoms with Crippen molar-refractivity contribution in [2.24, 2.45) is 0 Å². The Morgan fingerprint density at radius 1 is 1.48 bits per heavy atom. The van der Waals surface area contributed by atoms with Crippen LogP contribution < -0.4 is 10.2 Å². The quantitative estimate of drug-likeness (QED) is 0.889. The Labute approximate surface area is 139 Å². The number of amides is 1. The molecule has 1 fully saturated rings. The highest BCUT2D eigenvalue weighted by atomic mass is 32.1. The van der Waals surface area contributed by atoms with Crippen LogP contribution in [0.25, 0.3) is 0 Å². The summed E-state index contributed by atoms with van der Waals surface area (Å²) in [5.41, 5.74) is 1.44. The van der Waals surface area contributed by atoms with E-state index in [0.29, 0.717) is 17.8 Å². The summed E-state index contributed by atoms with van der Waals surface area (Å²) in [6, 6.07) is 5.74. The van der Waals surface area contributed by atoms with Crippen molar-refractivity contribution >= 4 is 23.1 Å². The summed E-state index contributed by atoms with van der Waals surface area (Å²) in [7, 11) is 0. The maximum absolute atomic E-state index is 12.2. The number of thiazole rings is 1. The van der Waals surface area contributed by atoms with Gasteiger partial charge in [0, 0.05) is 25.8 Å². The Kier molecular flexibility index (Phi) is 4.58. The van der Waals surface area contributed by atoms with Gasteiger partial charge in [-0.25, -0.2) is 9.97 Å². The minimum Gasteiger partial charge on any atom is -0.386 e. The Hall–Kier alpha value is -1.99. The molecule has 122 valence electrons. The molecule has 0 spiro atoms. The van der Waals surface area contributed by atoms with Crippen molar-refractivity contribution in [3.63, 3.8) is 0 Å². The third-order valence-corrected chi connectivity index (χ3v) is 4.99. The molecule has 3 heterocycles. The molecule has 0 radical (unpaired) electrons. The first kappa shape index (κ1) is 15.9. The van der Waals surface area contributed by atoms with Gasteiger partial charge in [0.2, 0.25) is 0 Å². The highest BCUT2D eigenvalue weighted by Gasteiger charge is 2.34. The molecule has 0 aliphatic carbocycles. The molecule has 1 atom stereocenters. The smallest absolute Gasteiger partial charge is 0.263 e. The fraction of sp³-hybridized carbons (Fsp3) is 0.438. The zero-order valence-electron chi connectivity index (χ0n) is 13.0. The Bertz CT molecular complexity index is 676. The molecule has 0 aromatic carbocycles. The molecule has 3 rings (SSSR count). The van der Waals surface area contributed by atoms with Gasteiger partial charge in [0.05, 0.1) is 16.8 Å². The van der Waals surface area contributed by atoms with Crippen LogP contribution in [0.2, 0.25) is 0 Å². The molecule has 2 N–H and O–H groups in total. The monoisotopic (exact) mass is 332 g/mol. The second-order valence-electron chi connectivity index (χ2n) is 5.89. The number of carbonyl (C=O) groups excluding carboxylic acids is 1. The molecule has 0 unspecified atom stereocenters. The Morgan fingerprint density at radius 3 is 3.04 bits per heavy atom. The number of anilines is 1. The molecule has 2 aromatic rings. The van der Waals surface area contributed by atoms with E-state index in [0.717, 1.165) is 24.5 Å². The van der Waals surface area contributed by atoms with E-state index in [9.17, 15) is 9.90 Å². The SMILES string of the molecule is Cc1ncsc1C(=O)NC[C@]1(O)CCCN(c2ccccn2)C1. The number of piperidine rings is 1. The van der Waals surface area contributed by atoms with E-state index in [1.165, 1.54) is 11.3 Å². The molecule has 1 amide bonds. The summed E-state index contributed by atoms with van der Waals surface area (Å²) < 4.78 is 0. The summed E-state index contributed by atoms with van der Waals surface area (Å²) in [4.78, 5) is 23.3. The van der Waals surface area contributed by atoms with Gasteiger partial charge in [0.15, 0.2) is 0 Å². The van der Waals surface area contributed by atoms with E-state index in [4.69, 9.17) is 0 Å². The lowest BCUT2D eigenvalue weighted by Crippen LogP contribution is -2.54. The van der Waals surface area contributed by atoms with Crippen LogP contribution in [0.5, 0.6) is 0 Å². The number of aromatic nitrogens is 2. The van der Waals surface area contributed by atoms with E-state index in [1.807, 2.05) is 25.1 Å². The van der Waals surface area contributed by atoms with Crippen LogP contribution in [0, 0.1) is 6.92 Å². The van der Waals surface area contributed by atoms with Crippen LogP contribution in [0.15, 0.2) is 29.9 Å². The van der Waals surface area contributed by atoms with Gasteiger partial charge in [-0.05, 0) is 31.9 Å². The van der Waals surface area contributed by atoms with Crippen molar-refractivity contribution < 1.29 is 9.90 Å². The molecule has 2 aromatic heterocycles. The van der Waals surface area contributed by atoms with Gasteiger partial charge in [0.1, 0.15) is 10.7 Å². The van der Waals surface area contributed by atoms with E-state index >= 15 is 0 Å². The van der Waals surface area contributed by atoms with E-state index < -0.39 is 5.60 Å². The number of aryl methyl sites for hydroxylation is 1.